The fourth-order valence-electron chi connectivity index (χ4n) is 4.32. The second-order valence-electron chi connectivity index (χ2n) is 8.14. The molecule has 3 aromatic heterocycles. The minimum Gasteiger partial charge on any atom is -0.506 e. The van der Waals surface area contributed by atoms with E-state index in [0.717, 1.165) is 34.2 Å². The summed E-state index contributed by atoms with van der Waals surface area (Å²) in [5.41, 5.74) is 9.71. The molecule has 5 rings (SSSR count). The normalized spacial score (nSPS) is 19.8. The lowest BCUT2D eigenvalue weighted by Gasteiger charge is -2.29. The second-order valence-corrected chi connectivity index (χ2v) is 9.21. The van der Waals surface area contributed by atoms with Gasteiger partial charge in [0.25, 0.3) is 0 Å². The lowest BCUT2D eigenvalue weighted by molar-refractivity contribution is 0.471. The molecule has 7 nitrogen and oxygen atoms in total. The average Bonchev–Trinajstić information content (AvgIpc) is 3.43. The molecule has 1 aliphatic carbocycles. The number of phenolic OH excluding ortho intramolecular Hbond substituents is 1. The number of hydrogen-bond acceptors (Lipinski definition) is 6. The summed E-state index contributed by atoms with van der Waals surface area (Å²) in [5, 5.41) is 23.3. The van der Waals surface area contributed by atoms with Gasteiger partial charge in [0.2, 0.25) is 0 Å². The van der Waals surface area contributed by atoms with Gasteiger partial charge < -0.3 is 15.7 Å². The zero-order chi connectivity index (χ0) is 20.7. The van der Waals surface area contributed by atoms with Gasteiger partial charge in [0, 0.05) is 43.2 Å². The SMILES string of the molecule is CN(c1cc2nn(-c3ccc(-c4cn[nH]c4)cc3O)cc2s1)C1CCCCC(N)C1. The highest BCUT2D eigenvalue weighted by atomic mass is 32.1. The Balaban J connectivity index is 1.40. The molecule has 2 unspecified atom stereocenters. The smallest absolute Gasteiger partial charge is 0.141 e. The number of nitrogens with one attached hydrogen (secondary N) is 1. The first-order chi connectivity index (χ1) is 14.6. The van der Waals surface area contributed by atoms with Crippen LogP contribution in [-0.4, -0.2) is 44.2 Å². The molecule has 4 N–H and O–H groups in total. The maximum absolute atomic E-state index is 10.6. The van der Waals surface area contributed by atoms with E-state index in [2.05, 4.69) is 28.2 Å². The number of anilines is 1. The van der Waals surface area contributed by atoms with E-state index in [-0.39, 0.29) is 5.75 Å². The van der Waals surface area contributed by atoms with Gasteiger partial charge in [-0.05, 0) is 37.0 Å². The minimum atomic E-state index is 0.189. The number of aromatic amines is 1. The maximum atomic E-state index is 10.6. The Morgan fingerprint density at radius 3 is 2.87 bits per heavy atom. The van der Waals surface area contributed by atoms with Gasteiger partial charge in [-0.25, -0.2) is 4.68 Å². The Labute approximate surface area is 179 Å². The first kappa shape index (κ1) is 19.1. The van der Waals surface area contributed by atoms with Crippen LogP contribution in [0.15, 0.2) is 42.9 Å². The van der Waals surface area contributed by atoms with Gasteiger partial charge in [-0.3, -0.25) is 5.10 Å². The van der Waals surface area contributed by atoms with Crippen molar-refractivity contribution < 1.29 is 5.11 Å². The van der Waals surface area contributed by atoms with E-state index in [1.54, 1.807) is 34.5 Å². The van der Waals surface area contributed by atoms with Crippen LogP contribution >= 0.6 is 11.3 Å². The molecule has 0 spiro atoms. The van der Waals surface area contributed by atoms with E-state index >= 15 is 0 Å². The summed E-state index contributed by atoms with van der Waals surface area (Å²) in [5.74, 6) is 0.189. The third-order valence-electron chi connectivity index (χ3n) is 6.07. The fraction of sp³-hybridized carbons (Fsp3) is 0.364. The predicted molar refractivity (Wildman–Crippen MR) is 121 cm³/mol. The Bertz CT molecular complexity index is 1120. The van der Waals surface area contributed by atoms with Crippen molar-refractivity contribution in [2.24, 2.45) is 5.73 Å². The Morgan fingerprint density at radius 1 is 1.23 bits per heavy atom. The molecule has 8 heteroatoms. The molecule has 4 aromatic rings. The second kappa shape index (κ2) is 7.77. The van der Waals surface area contributed by atoms with Crippen molar-refractivity contribution in [1.82, 2.24) is 20.0 Å². The quantitative estimate of drug-likeness (QED) is 0.427. The molecule has 0 bridgehead atoms. The summed E-state index contributed by atoms with van der Waals surface area (Å²) in [6, 6.07) is 8.51. The number of thiophene rings is 1. The van der Waals surface area contributed by atoms with Crippen molar-refractivity contribution in [2.45, 2.75) is 44.2 Å². The van der Waals surface area contributed by atoms with E-state index < -0.39 is 0 Å². The van der Waals surface area contributed by atoms with E-state index in [4.69, 9.17) is 10.8 Å². The van der Waals surface area contributed by atoms with Crippen LogP contribution in [0.3, 0.4) is 0 Å². The standard InChI is InChI=1S/C22H26N6OS/c1-27(17-5-3-2-4-16(23)9-17)22-10-18-21(30-22)13-28(26-18)19-7-6-14(8-20(19)29)15-11-24-25-12-15/h6-8,10-13,16-17,29H,2-5,9,23H2,1H3,(H,24,25). The number of fused-ring (bicyclic) bond motifs is 1. The maximum Gasteiger partial charge on any atom is 0.141 e. The third-order valence-corrected chi connectivity index (χ3v) is 7.22. The highest BCUT2D eigenvalue weighted by Crippen LogP contribution is 2.36. The van der Waals surface area contributed by atoms with Gasteiger partial charge in [0.05, 0.1) is 15.9 Å². The van der Waals surface area contributed by atoms with Crippen LogP contribution in [-0.2, 0) is 0 Å². The molecule has 30 heavy (non-hydrogen) atoms. The number of hydrogen-bond donors (Lipinski definition) is 3. The highest BCUT2D eigenvalue weighted by Gasteiger charge is 2.23. The van der Waals surface area contributed by atoms with Crippen LogP contribution in [0.5, 0.6) is 5.75 Å². The van der Waals surface area contributed by atoms with E-state index in [1.807, 2.05) is 18.3 Å². The van der Waals surface area contributed by atoms with Gasteiger partial charge in [0.1, 0.15) is 17.0 Å². The van der Waals surface area contributed by atoms with Gasteiger partial charge >= 0.3 is 0 Å². The van der Waals surface area contributed by atoms with Crippen molar-refractivity contribution in [3.8, 4) is 22.6 Å². The van der Waals surface area contributed by atoms with Crippen LogP contribution in [0.1, 0.15) is 32.1 Å². The number of nitrogens with zero attached hydrogens (tertiary/aromatic N) is 4. The van der Waals surface area contributed by atoms with Crippen molar-refractivity contribution in [2.75, 3.05) is 11.9 Å². The summed E-state index contributed by atoms with van der Waals surface area (Å²) in [4.78, 5) is 2.37. The lowest BCUT2D eigenvalue weighted by atomic mass is 10.1. The van der Waals surface area contributed by atoms with Crippen molar-refractivity contribution in [1.29, 1.82) is 0 Å². The molecule has 0 saturated heterocycles. The van der Waals surface area contributed by atoms with Crippen LogP contribution in [0.2, 0.25) is 0 Å². The van der Waals surface area contributed by atoms with Crippen LogP contribution in [0.25, 0.3) is 27.0 Å². The molecule has 0 radical (unpaired) electrons. The molecular weight excluding hydrogens is 396 g/mol. The zero-order valence-corrected chi connectivity index (χ0v) is 17.8. The van der Waals surface area contributed by atoms with Gasteiger partial charge in [-0.1, -0.05) is 18.9 Å². The molecule has 3 heterocycles. The molecular formula is C22H26N6OS. The Hall–Kier alpha value is -2.84. The third kappa shape index (κ3) is 3.57. The average molecular weight is 423 g/mol. The van der Waals surface area contributed by atoms with Gasteiger partial charge in [-0.15, -0.1) is 11.3 Å². The fourth-order valence-corrected chi connectivity index (χ4v) is 5.36. The summed E-state index contributed by atoms with van der Waals surface area (Å²) in [7, 11) is 2.17. The first-order valence-corrected chi connectivity index (χ1v) is 11.2. The largest absolute Gasteiger partial charge is 0.506 e. The molecule has 0 aliphatic heterocycles. The molecule has 0 amide bonds. The number of aromatic hydroxyl groups is 1. The number of rotatable bonds is 4. The summed E-state index contributed by atoms with van der Waals surface area (Å²) in [6.45, 7) is 0. The molecule has 1 aromatic carbocycles. The topological polar surface area (TPSA) is 96.0 Å². The monoisotopic (exact) mass is 422 g/mol. The van der Waals surface area contributed by atoms with Crippen LogP contribution < -0.4 is 10.6 Å². The first-order valence-electron chi connectivity index (χ1n) is 10.4. The number of aromatic nitrogens is 4. The highest BCUT2D eigenvalue weighted by molar-refractivity contribution is 7.22. The van der Waals surface area contributed by atoms with Gasteiger partial charge in [-0.2, -0.15) is 10.2 Å². The predicted octanol–water partition coefficient (Wildman–Crippen LogP) is 4.28. The van der Waals surface area contributed by atoms with E-state index in [1.165, 1.54) is 24.3 Å². The zero-order valence-electron chi connectivity index (χ0n) is 17.0. The molecule has 2 atom stereocenters. The van der Waals surface area contributed by atoms with Gasteiger partial charge in [0.15, 0.2) is 0 Å². The number of benzene rings is 1. The summed E-state index contributed by atoms with van der Waals surface area (Å²) in [6.07, 6.45) is 11.4. The Kier molecular flexibility index (Phi) is 4.96. The number of H-pyrrole nitrogens is 1. The van der Waals surface area contributed by atoms with E-state index in [0.29, 0.717) is 17.8 Å². The van der Waals surface area contributed by atoms with Crippen molar-refractivity contribution in [3.63, 3.8) is 0 Å². The number of phenols is 1. The molecule has 1 aliphatic rings. The van der Waals surface area contributed by atoms with Crippen molar-refractivity contribution >= 4 is 26.6 Å². The molecule has 1 fully saturated rings. The molecule has 1 saturated carbocycles. The van der Waals surface area contributed by atoms with Crippen molar-refractivity contribution in [3.05, 3.63) is 42.9 Å². The Morgan fingerprint density at radius 2 is 2.10 bits per heavy atom. The van der Waals surface area contributed by atoms with Crippen LogP contribution in [0.4, 0.5) is 5.00 Å². The lowest BCUT2D eigenvalue weighted by Crippen LogP contribution is -2.35. The molecule has 156 valence electrons. The minimum absolute atomic E-state index is 0.189. The summed E-state index contributed by atoms with van der Waals surface area (Å²) >= 11 is 1.74. The van der Waals surface area contributed by atoms with E-state index in [9.17, 15) is 5.11 Å². The number of nitrogens with two attached hydrogens (primary N) is 1. The summed E-state index contributed by atoms with van der Waals surface area (Å²) < 4.78 is 2.86. The van der Waals surface area contributed by atoms with Crippen LogP contribution in [0, 0.1) is 0 Å².